The standard InChI is InChI=1S/C20H17F2N3O2/c21-12-5-6-15(14(22)11-12)24-20(27)19(26)18-13-3-1-2-4-16(13)25-10-9-23-8-7-17(18)25/h1-6,11,23H,7-10H2,(H,24,27). The molecule has 1 aromatic heterocycles. The van der Waals surface area contributed by atoms with Gasteiger partial charge in [0.2, 0.25) is 0 Å². The molecule has 4 rings (SSSR count). The molecule has 5 nitrogen and oxygen atoms in total. The zero-order valence-electron chi connectivity index (χ0n) is 14.4. The lowest BCUT2D eigenvalue weighted by Crippen LogP contribution is -2.25. The van der Waals surface area contributed by atoms with E-state index in [0.29, 0.717) is 36.5 Å². The number of Topliss-reactive ketones (excluding diaryl/α,β-unsaturated/α-hetero) is 1. The van der Waals surface area contributed by atoms with Gasteiger partial charge < -0.3 is 15.2 Å². The van der Waals surface area contributed by atoms with Crippen LogP contribution in [-0.2, 0) is 17.8 Å². The van der Waals surface area contributed by atoms with Crippen molar-refractivity contribution in [2.24, 2.45) is 0 Å². The average molecular weight is 369 g/mol. The molecule has 0 saturated heterocycles. The fourth-order valence-electron chi connectivity index (χ4n) is 3.53. The van der Waals surface area contributed by atoms with Gasteiger partial charge in [-0.2, -0.15) is 0 Å². The van der Waals surface area contributed by atoms with Gasteiger partial charge >= 0.3 is 0 Å². The first-order valence-electron chi connectivity index (χ1n) is 8.68. The predicted octanol–water partition coefficient (Wildman–Crippen LogP) is 2.89. The fraction of sp³-hybridized carbons (Fsp3) is 0.200. The van der Waals surface area contributed by atoms with Crippen LogP contribution in [-0.4, -0.2) is 29.3 Å². The van der Waals surface area contributed by atoms with Crippen molar-refractivity contribution in [3.8, 4) is 0 Å². The maximum Gasteiger partial charge on any atom is 0.296 e. The van der Waals surface area contributed by atoms with Crippen molar-refractivity contribution in [2.75, 3.05) is 18.4 Å². The van der Waals surface area contributed by atoms with E-state index < -0.39 is 23.3 Å². The van der Waals surface area contributed by atoms with Gasteiger partial charge in [0.05, 0.1) is 11.3 Å². The number of rotatable bonds is 3. The summed E-state index contributed by atoms with van der Waals surface area (Å²) in [5.41, 5.74) is 1.79. The summed E-state index contributed by atoms with van der Waals surface area (Å²) in [4.78, 5) is 25.5. The highest BCUT2D eigenvalue weighted by Crippen LogP contribution is 2.28. The molecule has 2 heterocycles. The Balaban J connectivity index is 1.74. The molecule has 3 aromatic rings. The highest BCUT2D eigenvalue weighted by molar-refractivity contribution is 6.48. The maximum absolute atomic E-state index is 13.8. The molecule has 0 spiro atoms. The summed E-state index contributed by atoms with van der Waals surface area (Å²) in [5, 5.41) is 6.24. The Bertz CT molecular complexity index is 1060. The van der Waals surface area contributed by atoms with Crippen molar-refractivity contribution in [3.05, 3.63) is 65.4 Å². The van der Waals surface area contributed by atoms with E-state index in [1.54, 1.807) is 0 Å². The largest absolute Gasteiger partial charge is 0.343 e. The minimum atomic E-state index is -0.947. The molecule has 2 aromatic carbocycles. The minimum absolute atomic E-state index is 0.231. The quantitative estimate of drug-likeness (QED) is 0.551. The lowest BCUT2D eigenvalue weighted by Gasteiger charge is -2.08. The van der Waals surface area contributed by atoms with Crippen LogP contribution >= 0.6 is 0 Å². The molecular formula is C20H17F2N3O2. The van der Waals surface area contributed by atoms with E-state index in [4.69, 9.17) is 0 Å². The number of para-hydroxylation sites is 1. The van der Waals surface area contributed by atoms with Crippen molar-refractivity contribution >= 4 is 28.3 Å². The molecule has 138 valence electrons. The molecule has 0 atom stereocenters. The van der Waals surface area contributed by atoms with Crippen LogP contribution in [0.2, 0.25) is 0 Å². The third kappa shape index (κ3) is 3.10. The third-order valence-corrected chi connectivity index (χ3v) is 4.74. The van der Waals surface area contributed by atoms with Gasteiger partial charge in [0.25, 0.3) is 11.7 Å². The maximum atomic E-state index is 13.8. The van der Waals surface area contributed by atoms with Gasteiger partial charge in [-0.3, -0.25) is 9.59 Å². The molecule has 1 amide bonds. The Morgan fingerprint density at radius 3 is 2.70 bits per heavy atom. The van der Waals surface area contributed by atoms with Gasteiger partial charge in [-0.15, -0.1) is 0 Å². The van der Waals surface area contributed by atoms with E-state index >= 15 is 0 Å². The minimum Gasteiger partial charge on any atom is -0.343 e. The van der Waals surface area contributed by atoms with Gasteiger partial charge in [-0.1, -0.05) is 18.2 Å². The normalized spacial score (nSPS) is 13.9. The number of carbonyl (C=O) groups is 2. The summed E-state index contributed by atoms with van der Waals surface area (Å²) in [5.74, 6) is -3.36. The monoisotopic (exact) mass is 369 g/mol. The summed E-state index contributed by atoms with van der Waals surface area (Å²) in [6.07, 6.45) is 0.605. The van der Waals surface area contributed by atoms with E-state index in [9.17, 15) is 18.4 Å². The zero-order chi connectivity index (χ0) is 19.0. The van der Waals surface area contributed by atoms with Crippen molar-refractivity contribution in [3.63, 3.8) is 0 Å². The number of nitrogens with one attached hydrogen (secondary N) is 2. The lowest BCUT2D eigenvalue weighted by atomic mass is 10.0. The number of ketones is 1. The van der Waals surface area contributed by atoms with Crippen LogP contribution in [0.15, 0.2) is 42.5 Å². The highest BCUT2D eigenvalue weighted by atomic mass is 19.1. The average Bonchev–Trinajstić information content (AvgIpc) is 2.80. The molecule has 2 N–H and O–H groups in total. The van der Waals surface area contributed by atoms with Crippen molar-refractivity contribution in [1.29, 1.82) is 0 Å². The van der Waals surface area contributed by atoms with Crippen LogP contribution < -0.4 is 10.6 Å². The Morgan fingerprint density at radius 1 is 1.07 bits per heavy atom. The number of fused-ring (bicyclic) bond motifs is 3. The number of anilines is 1. The summed E-state index contributed by atoms with van der Waals surface area (Å²) < 4.78 is 28.9. The second kappa shape index (κ2) is 6.92. The van der Waals surface area contributed by atoms with E-state index in [1.807, 2.05) is 28.8 Å². The van der Waals surface area contributed by atoms with Crippen LogP contribution in [0.25, 0.3) is 10.9 Å². The zero-order valence-corrected chi connectivity index (χ0v) is 14.4. The van der Waals surface area contributed by atoms with Crippen LogP contribution in [0.4, 0.5) is 14.5 Å². The first-order valence-corrected chi connectivity index (χ1v) is 8.68. The first-order chi connectivity index (χ1) is 13.1. The molecule has 0 unspecified atom stereocenters. The van der Waals surface area contributed by atoms with Crippen LogP contribution in [0.5, 0.6) is 0 Å². The molecule has 0 aliphatic carbocycles. The summed E-state index contributed by atoms with van der Waals surface area (Å²) in [6.45, 7) is 2.16. The topological polar surface area (TPSA) is 63.1 Å². The first kappa shape index (κ1) is 17.4. The molecule has 0 bridgehead atoms. The second-order valence-electron chi connectivity index (χ2n) is 6.40. The van der Waals surface area contributed by atoms with Gasteiger partial charge in [0.1, 0.15) is 11.6 Å². The van der Waals surface area contributed by atoms with Gasteiger partial charge in [0, 0.05) is 48.7 Å². The number of aromatic nitrogens is 1. The molecule has 1 aliphatic heterocycles. The van der Waals surface area contributed by atoms with Gasteiger partial charge in [-0.25, -0.2) is 8.78 Å². The summed E-state index contributed by atoms with van der Waals surface area (Å²) in [6, 6.07) is 10.2. The summed E-state index contributed by atoms with van der Waals surface area (Å²) in [7, 11) is 0. The Morgan fingerprint density at radius 2 is 1.89 bits per heavy atom. The Kier molecular flexibility index (Phi) is 4.45. The number of benzene rings is 2. The number of nitrogens with zero attached hydrogens (tertiary/aromatic N) is 1. The number of hydrogen-bond acceptors (Lipinski definition) is 3. The second-order valence-corrected chi connectivity index (χ2v) is 6.40. The highest BCUT2D eigenvalue weighted by Gasteiger charge is 2.27. The smallest absolute Gasteiger partial charge is 0.296 e. The van der Waals surface area contributed by atoms with Crippen molar-refractivity contribution in [2.45, 2.75) is 13.0 Å². The lowest BCUT2D eigenvalue weighted by molar-refractivity contribution is -0.112. The number of hydrogen-bond donors (Lipinski definition) is 2. The number of amides is 1. The number of carbonyl (C=O) groups excluding carboxylic acids is 2. The Labute approximate surface area is 154 Å². The fourth-order valence-corrected chi connectivity index (χ4v) is 3.53. The van der Waals surface area contributed by atoms with E-state index in [0.717, 1.165) is 29.9 Å². The molecule has 0 radical (unpaired) electrons. The molecular weight excluding hydrogens is 352 g/mol. The van der Waals surface area contributed by atoms with Crippen molar-refractivity contribution in [1.82, 2.24) is 9.88 Å². The number of halogens is 2. The van der Waals surface area contributed by atoms with E-state index in [2.05, 4.69) is 10.6 Å². The molecule has 27 heavy (non-hydrogen) atoms. The van der Waals surface area contributed by atoms with Crippen LogP contribution in [0, 0.1) is 11.6 Å². The molecule has 0 fully saturated rings. The summed E-state index contributed by atoms with van der Waals surface area (Å²) >= 11 is 0. The van der Waals surface area contributed by atoms with Gasteiger partial charge in [0.15, 0.2) is 0 Å². The van der Waals surface area contributed by atoms with Gasteiger partial charge in [-0.05, 0) is 18.2 Å². The molecule has 7 heteroatoms. The molecule has 1 aliphatic rings. The third-order valence-electron chi connectivity index (χ3n) is 4.74. The predicted molar refractivity (Wildman–Crippen MR) is 97.8 cm³/mol. The van der Waals surface area contributed by atoms with Crippen LogP contribution in [0.3, 0.4) is 0 Å². The van der Waals surface area contributed by atoms with Crippen molar-refractivity contribution < 1.29 is 18.4 Å². The SMILES string of the molecule is O=C(Nc1ccc(F)cc1F)C(=O)c1c2n(c3ccccc13)CCNCC2. The Hall–Kier alpha value is -3.06. The molecule has 0 saturated carbocycles. The van der Waals surface area contributed by atoms with E-state index in [-0.39, 0.29) is 5.69 Å². The van der Waals surface area contributed by atoms with E-state index in [1.165, 1.54) is 0 Å². The van der Waals surface area contributed by atoms with Crippen LogP contribution in [0.1, 0.15) is 16.1 Å².